The van der Waals surface area contributed by atoms with E-state index in [0.717, 1.165) is 11.3 Å². The van der Waals surface area contributed by atoms with E-state index < -0.39 is 18.5 Å². The Balaban J connectivity index is 2.42. The molecule has 0 aliphatic rings. The lowest BCUT2D eigenvalue weighted by atomic mass is 10.1. The Kier molecular flexibility index (Phi) is 6.23. The molecule has 26 heavy (non-hydrogen) atoms. The molecule has 138 valence electrons. The zero-order valence-corrected chi connectivity index (χ0v) is 15.5. The van der Waals surface area contributed by atoms with Crippen LogP contribution in [0.3, 0.4) is 0 Å². The molecule has 3 N–H and O–H groups in total. The molecule has 0 spiro atoms. The Labute approximate surface area is 158 Å². The van der Waals surface area contributed by atoms with Crippen LogP contribution in [-0.2, 0) is 9.59 Å². The number of thiophene rings is 1. The molecule has 2 aromatic rings. The number of amides is 1. The summed E-state index contributed by atoms with van der Waals surface area (Å²) in [6.07, 6.45) is 0. The average molecular weight is 398 g/mol. The van der Waals surface area contributed by atoms with Gasteiger partial charge in [-0.25, -0.2) is 9.59 Å². The summed E-state index contributed by atoms with van der Waals surface area (Å²) in [4.78, 5) is 34.2. The number of aliphatic carboxylic acids is 1. The van der Waals surface area contributed by atoms with Crippen LogP contribution < -0.4 is 10.1 Å². The van der Waals surface area contributed by atoms with Crippen LogP contribution in [0.5, 0.6) is 5.75 Å². The maximum atomic E-state index is 11.8. The molecule has 0 atom stereocenters. The minimum Gasteiger partial charge on any atom is -0.479 e. The van der Waals surface area contributed by atoms with Gasteiger partial charge in [0.1, 0.15) is 5.02 Å². The van der Waals surface area contributed by atoms with E-state index in [0.29, 0.717) is 16.1 Å². The smallest absolute Gasteiger partial charge is 0.349 e. The molecule has 0 fully saturated rings. The van der Waals surface area contributed by atoms with E-state index in [-0.39, 0.29) is 27.5 Å². The number of hydrogen-bond acceptors (Lipinski definition) is 5. The van der Waals surface area contributed by atoms with Gasteiger partial charge in [-0.15, -0.1) is 11.3 Å². The van der Waals surface area contributed by atoms with Crippen LogP contribution in [-0.4, -0.2) is 34.7 Å². The van der Waals surface area contributed by atoms with Crippen molar-refractivity contribution in [2.24, 2.45) is 5.92 Å². The van der Waals surface area contributed by atoms with Gasteiger partial charge in [-0.2, -0.15) is 0 Å². The molecule has 0 saturated heterocycles. The van der Waals surface area contributed by atoms with Crippen molar-refractivity contribution >= 4 is 46.5 Å². The third-order valence-electron chi connectivity index (χ3n) is 3.26. The number of nitrogens with one attached hydrogen (secondary N) is 1. The first-order chi connectivity index (χ1) is 12.2. The molecule has 0 saturated carbocycles. The van der Waals surface area contributed by atoms with Gasteiger partial charge in [0.25, 0.3) is 0 Å². The van der Waals surface area contributed by atoms with Crippen molar-refractivity contribution in [2.75, 3.05) is 11.9 Å². The van der Waals surface area contributed by atoms with Gasteiger partial charge in [-0.3, -0.25) is 4.79 Å². The first-order valence-electron chi connectivity index (χ1n) is 7.52. The normalized spacial score (nSPS) is 10.6. The topological polar surface area (TPSA) is 113 Å². The minimum absolute atomic E-state index is 0.0148. The fourth-order valence-corrected chi connectivity index (χ4v) is 3.41. The van der Waals surface area contributed by atoms with Crippen LogP contribution in [0.25, 0.3) is 10.4 Å². The van der Waals surface area contributed by atoms with Gasteiger partial charge >= 0.3 is 11.9 Å². The summed E-state index contributed by atoms with van der Waals surface area (Å²) in [5, 5.41) is 20.8. The van der Waals surface area contributed by atoms with Gasteiger partial charge in [0.05, 0.1) is 4.88 Å². The summed E-state index contributed by atoms with van der Waals surface area (Å²) in [5.41, 5.74) is 1.12. The molecule has 1 heterocycles. The lowest BCUT2D eigenvalue weighted by molar-refractivity contribution is -0.139. The van der Waals surface area contributed by atoms with Gasteiger partial charge in [0, 0.05) is 11.6 Å². The van der Waals surface area contributed by atoms with Crippen molar-refractivity contribution < 1.29 is 29.3 Å². The highest BCUT2D eigenvalue weighted by molar-refractivity contribution is 7.18. The summed E-state index contributed by atoms with van der Waals surface area (Å²) in [7, 11) is 0. The zero-order valence-electron chi connectivity index (χ0n) is 13.9. The standard InChI is InChI=1S/C17H16ClNO6S/c1-8(2)16(22)19-10-5-3-4-9(6-10)14-12(18)13(25-7-11(20)21)15(26-14)17(23)24/h3-6,8H,7H2,1-2H3,(H,19,22)(H,20,21)(H,23,24). The maximum absolute atomic E-state index is 11.8. The molecular formula is C17H16ClNO6S. The minimum atomic E-state index is -1.27. The second-order valence-electron chi connectivity index (χ2n) is 5.62. The Bertz CT molecular complexity index is 861. The number of aromatic carboxylic acids is 1. The van der Waals surface area contributed by atoms with E-state index >= 15 is 0 Å². The second kappa shape index (κ2) is 8.20. The predicted molar refractivity (Wildman–Crippen MR) is 98.3 cm³/mol. The van der Waals surface area contributed by atoms with Crippen LogP contribution in [0.15, 0.2) is 24.3 Å². The van der Waals surface area contributed by atoms with Crippen LogP contribution in [0.1, 0.15) is 23.5 Å². The summed E-state index contributed by atoms with van der Waals surface area (Å²) in [6, 6.07) is 6.75. The van der Waals surface area contributed by atoms with E-state index in [1.807, 2.05) is 0 Å². The third kappa shape index (κ3) is 4.53. The predicted octanol–water partition coefficient (Wildman–Crippen LogP) is 3.82. The monoisotopic (exact) mass is 397 g/mol. The Morgan fingerprint density at radius 2 is 1.96 bits per heavy atom. The number of anilines is 1. The number of halogens is 1. The molecule has 0 aliphatic carbocycles. The zero-order chi connectivity index (χ0) is 19.4. The summed E-state index contributed by atoms with van der Waals surface area (Å²) in [6.45, 7) is 2.82. The third-order valence-corrected chi connectivity index (χ3v) is 4.94. The SMILES string of the molecule is CC(C)C(=O)Nc1cccc(-c2sc(C(=O)O)c(OCC(=O)O)c2Cl)c1. The molecule has 1 aromatic heterocycles. The van der Waals surface area contributed by atoms with E-state index in [1.165, 1.54) is 0 Å². The van der Waals surface area contributed by atoms with Crippen molar-refractivity contribution in [3.63, 3.8) is 0 Å². The molecule has 1 amide bonds. The highest BCUT2D eigenvalue weighted by Crippen LogP contribution is 2.45. The number of hydrogen-bond donors (Lipinski definition) is 3. The average Bonchev–Trinajstić information content (AvgIpc) is 2.90. The molecule has 9 heteroatoms. The Morgan fingerprint density at radius 3 is 2.54 bits per heavy atom. The summed E-state index contributed by atoms with van der Waals surface area (Å²) < 4.78 is 5.05. The number of rotatable bonds is 7. The van der Waals surface area contributed by atoms with Crippen molar-refractivity contribution in [3.05, 3.63) is 34.2 Å². The van der Waals surface area contributed by atoms with Gasteiger partial charge in [-0.1, -0.05) is 37.6 Å². The van der Waals surface area contributed by atoms with Crippen LogP contribution >= 0.6 is 22.9 Å². The van der Waals surface area contributed by atoms with E-state index in [4.69, 9.17) is 21.4 Å². The van der Waals surface area contributed by atoms with Crippen molar-refractivity contribution in [3.8, 4) is 16.2 Å². The lowest BCUT2D eigenvalue weighted by Gasteiger charge is -2.09. The number of carboxylic acids is 2. The molecule has 7 nitrogen and oxygen atoms in total. The first-order valence-corrected chi connectivity index (χ1v) is 8.71. The van der Waals surface area contributed by atoms with Gasteiger partial charge in [0.15, 0.2) is 17.2 Å². The van der Waals surface area contributed by atoms with E-state index in [2.05, 4.69) is 5.32 Å². The second-order valence-corrected chi connectivity index (χ2v) is 7.01. The molecule has 2 rings (SSSR count). The first kappa shape index (κ1) is 19.7. The largest absolute Gasteiger partial charge is 0.479 e. The Hall–Kier alpha value is -2.58. The van der Waals surface area contributed by atoms with Crippen LogP contribution in [0, 0.1) is 5.92 Å². The summed E-state index contributed by atoms with van der Waals surface area (Å²) >= 11 is 7.11. The van der Waals surface area contributed by atoms with Crippen molar-refractivity contribution in [2.45, 2.75) is 13.8 Å². The van der Waals surface area contributed by atoms with Gasteiger partial charge in [0.2, 0.25) is 5.91 Å². The molecule has 0 radical (unpaired) electrons. The fourth-order valence-electron chi connectivity index (χ4n) is 2.01. The van der Waals surface area contributed by atoms with Crippen molar-refractivity contribution in [1.29, 1.82) is 0 Å². The molecule has 0 bridgehead atoms. The van der Waals surface area contributed by atoms with Gasteiger partial charge < -0.3 is 20.3 Å². The Morgan fingerprint density at radius 1 is 1.27 bits per heavy atom. The maximum Gasteiger partial charge on any atom is 0.349 e. The van der Waals surface area contributed by atoms with Gasteiger partial charge in [-0.05, 0) is 17.7 Å². The lowest BCUT2D eigenvalue weighted by Crippen LogP contribution is -2.17. The highest BCUT2D eigenvalue weighted by Gasteiger charge is 2.24. The number of carboxylic acid groups (broad SMARTS) is 2. The summed E-state index contributed by atoms with van der Waals surface area (Å²) in [5.74, 6) is -3.05. The van der Waals surface area contributed by atoms with Crippen molar-refractivity contribution in [1.82, 2.24) is 0 Å². The van der Waals surface area contributed by atoms with Crippen LogP contribution in [0.2, 0.25) is 5.02 Å². The molecular weight excluding hydrogens is 382 g/mol. The molecule has 0 aliphatic heterocycles. The van der Waals surface area contributed by atoms with E-state index in [1.54, 1.807) is 38.1 Å². The molecule has 0 unspecified atom stereocenters. The number of carbonyl (C=O) groups excluding carboxylic acids is 1. The highest BCUT2D eigenvalue weighted by atomic mass is 35.5. The fraction of sp³-hybridized carbons (Fsp3) is 0.235. The molecule has 1 aromatic carbocycles. The number of ether oxygens (including phenoxy) is 1. The quantitative estimate of drug-likeness (QED) is 0.654. The number of carbonyl (C=O) groups is 3. The number of benzene rings is 1. The van der Waals surface area contributed by atoms with E-state index in [9.17, 15) is 19.5 Å². The van der Waals surface area contributed by atoms with Crippen LogP contribution in [0.4, 0.5) is 5.69 Å².